The van der Waals surface area contributed by atoms with Crippen LogP contribution in [0.4, 0.5) is 0 Å². The molecule has 2 heteroatoms. The van der Waals surface area contributed by atoms with Crippen molar-refractivity contribution in [1.29, 1.82) is 5.26 Å². The van der Waals surface area contributed by atoms with Crippen LogP contribution >= 0.6 is 0 Å². The first-order valence-corrected chi connectivity index (χ1v) is 5.04. The predicted octanol–water partition coefficient (Wildman–Crippen LogP) is 2.23. The van der Waals surface area contributed by atoms with Gasteiger partial charge in [-0.3, -0.25) is 0 Å². The molecule has 72 valence electrons. The summed E-state index contributed by atoms with van der Waals surface area (Å²) in [7, 11) is 0. The fourth-order valence-electron chi connectivity index (χ4n) is 2.00. The maximum absolute atomic E-state index is 8.87. The lowest BCUT2D eigenvalue weighted by atomic mass is 10.0. The minimum Gasteiger partial charge on any atom is -0.310 e. The van der Waals surface area contributed by atoms with E-state index in [0.29, 0.717) is 12.1 Å². The lowest BCUT2D eigenvalue weighted by molar-refractivity contribution is 0.412. The summed E-state index contributed by atoms with van der Waals surface area (Å²) in [6.07, 6.45) is 6.31. The standard InChI is InChI=1S/C11H18N2/c1-3-5-9(2)13-11-7-4-6-10(11)8-12/h3,9-11,13H,1,4-7H2,2H3. The number of nitrogens with zero attached hydrogens (tertiary/aromatic N) is 1. The molecule has 3 atom stereocenters. The lowest BCUT2D eigenvalue weighted by Gasteiger charge is -2.20. The Bertz CT molecular complexity index is 205. The Morgan fingerprint density at radius 1 is 1.69 bits per heavy atom. The van der Waals surface area contributed by atoms with Crippen LogP contribution in [-0.4, -0.2) is 12.1 Å². The van der Waals surface area contributed by atoms with Gasteiger partial charge in [0.2, 0.25) is 0 Å². The predicted molar refractivity (Wildman–Crippen MR) is 54.2 cm³/mol. The summed E-state index contributed by atoms with van der Waals surface area (Å²) in [4.78, 5) is 0. The molecule has 1 fully saturated rings. The van der Waals surface area contributed by atoms with Crippen molar-refractivity contribution in [1.82, 2.24) is 5.32 Å². The Morgan fingerprint density at radius 3 is 3.08 bits per heavy atom. The number of rotatable bonds is 4. The van der Waals surface area contributed by atoms with E-state index >= 15 is 0 Å². The summed E-state index contributed by atoms with van der Waals surface area (Å²) < 4.78 is 0. The van der Waals surface area contributed by atoms with Crippen molar-refractivity contribution in [3.05, 3.63) is 12.7 Å². The second-order valence-corrected chi connectivity index (χ2v) is 3.87. The normalized spacial score (nSPS) is 29.5. The van der Waals surface area contributed by atoms with Crippen molar-refractivity contribution in [2.75, 3.05) is 0 Å². The highest BCUT2D eigenvalue weighted by Crippen LogP contribution is 2.25. The van der Waals surface area contributed by atoms with Gasteiger partial charge in [-0.05, 0) is 26.2 Å². The molecule has 2 nitrogen and oxygen atoms in total. The molecular formula is C11H18N2. The van der Waals surface area contributed by atoms with Crippen molar-refractivity contribution in [3.63, 3.8) is 0 Å². The molecule has 0 aromatic rings. The molecule has 3 unspecified atom stereocenters. The molecule has 0 spiro atoms. The largest absolute Gasteiger partial charge is 0.310 e. The van der Waals surface area contributed by atoms with Gasteiger partial charge in [0.1, 0.15) is 0 Å². The molecular weight excluding hydrogens is 160 g/mol. The zero-order valence-electron chi connectivity index (χ0n) is 8.29. The highest BCUT2D eigenvalue weighted by Gasteiger charge is 2.27. The maximum atomic E-state index is 8.87. The van der Waals surface area contributed by atoms with E-state index in [1.165, 1.54) is 6.42 Å². The van der Waals surface area contributed by atoms with Gasteiger partial charge in [-0.25, -0.2) is 0 Å². The van der Waals surface area contributed by atoms with E-state index in [1.807, 2.05) is 6.08 Å². The average molecular weight is 178 g/mol. The van der Waals surface area contributed by atoms with Crippen molar-refractivity contribution >= 4 is 0 Å². The van der Waals surface area contributed by atoms with E-state index in [1.54, 1.807) is 0 Å². The molecule has 0 aromatic heterocycles. The maximum Gasteiger partial charge on any atom is 0.0672 e. The van der Waals surface area contributed by atoms with E-state index in [2.05, 4.69) is 24.9 Å². The highest BCUT2D eigenvalue weighted by molar-refractivity contribution is 4.97. The quantitative estimate of drug-likeness (QED) is 0.670. The Balaban J connectivity index is 2.35. The van der Waals surface area contributed by atoms with E-state index < -0.39 is 0 Å². The zero-order chi connectivity index (χ0) is 9.68. The van der Waals surface area contributed by atoms with Gasteiger partial charge in [0.25, 0.3) is 0 Å². The van der Waals surface area contributed by atoms with Crippen LogP contribution in [0.2, 0.25) is 0 Å². The number of nitriles is 1. The van der Waals surface area contributed by atoms with E-state index in [9.17, 15) is 0 Å². The van der Waals surface area contributed by atoms with Gasteiger partial charge in [0.15, 0.2) is 0 Å². The molecule has 0 radical (unpaired) electrons. The van der Waals surface area contributed by atoms with Crippen LogP contribution < -0.4 is 5.32 Å². The Kier molecular flexibility index (Phi) is 3.98. The van der Waals surface area contributed by atoms with Gasteiger partial charge in [0.05, 0.1) is 12.0 Å². The first kappa shape index (κ1) is 10.3. The number of nitrogens with one attached hydrogen (secondary N) is 1. The first-order valence-electron chi connectivity index (χ1n) is 5.04. The Labute approximate surface area is 80.6 Å². The van der Waals surface area contributed by atoms with Crippen LogP contribution in [-0.2, 0) is 0 Å². The Hall–Kier alpha value is -0.810. The summed E-state index contributed by atoms with van der Waals surface area (Å²) >= 11 is 0. The smallest absolute Gasteiger partial charge is 0.0672 e. The van der Waals surface area contributed by atoms with Gasteiger partial charge >= 0.3 is 0 Å². The van der Waals surface area contributed by atoms with Crippen molar-refractivity contribution in [2.24, 2.45) is 5.92 Å². The second kappa shape index (κ2) is 5.04. The minimum atomic E-state index is 0.229. The van der Waals surface area contributed by atoms with Gasteiger partial charge in [-0.2, -0.15) is 5.26 Å². The molecule has 0 bridgehead atoms. The van der Waals surface area contributed by atoms with Crippen molar-refractivity contribution < 1.29 is 0 Å². The van der Waals surface area contributed by atoms with E-state index in [0.717, 1.165) is 19.3 Å². The molecule has 0 heterocycles. The molecule has 1 saturated carbocycles. The molecule has 13 heavy (non-hydrogen) atoms. The monoisotopic (exact) mass is 178 g/mol. The average Bonchev–Trinajstić information content (AvgIpc) is 2.52. The lowest BCUT2D eigenvalue weighted by Crippen LogP contribution is -2.38. The second-order valence-electron chi connectivity index (χ2n) is 3.87. The molecule has 0 aromatic carbocycles. The minimum absolute atomic E-state index is 0.229. The van der Waals surface area contributed by atoms with Gasteiger partial charge in [0, 0.05) is 12.1 Å². The zero-order valence-corrected chi connectivity index (χ0v) is 8.29. The fraction of sp³-hybridized carbons (Fsp3) is 0.727. The molecule has 0 amide bonds. The fourth-order valence-corrected chi connectivity index (χ4v) is 2.00. The molecule has 1 rings (SSSR count). The van der Waals surface area contributed by atoms with Gasteiger partial charge < -0.3 is 5.32 Å². The van der Waals surface area contributed by atoms with Crippen molar-refractivity contribution in [2.45, 2.75) is 44.7 Å². The third-order valence-corrected chi connectivity index (χ3v) is 2.70. The molecule has 0 aliphatic heterocycles. The molecule has 0 saturated heterocycles. The summed E-state index contributed by atoms with van der Waals surface area (Å²) in [5.41, 5.74) is 0. The van der Waals surface area contributed by atoms with Crippen LogP contribution in [0.5, 0.6) is 0 Å². The van der Waals surface area contributed by atoms with Crippen LogP contribution in [0, 0.1) is 17.2 Å². The van der Waals surface area contributed by atoms with Crippen LogP contribution in [0.15, 0.2) is 12.7 Å². The van der Waals surface area contributed by atoms with Crippen LogP contribution in [0.3, 0.4) is 0 Å². The van der Waals surface area contributed by atoms with Gasteiger partial charge in [-0.15, -0.1) is 6.58 Å². The van der Waals surface area contributed by atoms with Crippen molar-refractivity contribution in [3.8, 4) is 6.07 Å². The first-order chi connectivity index (χ1) is 6.27. The Morgan fingerprint density at radius 2 is 2.46 bits per heavy atom. The molecule has 1 aliphatic rings. The number of hydrogen-bond donors (Lipinski definition) is 1. The highest BCUT2D eigenvalue weighted by atomic mass is 15.0. The topological polar surface area (TPSA) is 35.8 Å². The third-order valence-electron chi connectivity index (χ3n) is 2.70. The van der Waals surface area contributed by atoms with Crippen LogP contribution in [0.25, 0.3) is 0 Å². The summed E-state index contributed by atoms with van der Waals surface area (Å²) in [5.74, 6) is 0.229. The summed E-state index contributed by atoms with van der Waals surface area (Å²) in [6, 6.07) is 3.24. The SMILES string of the molecule is C=CCC(C)NC1CCCC1C#N. The number of hydrogen-bond acceptors (Lipinski definition) is 2. The van der Waals surface area contributed by atoms with E-state index in [-0.39, 0.29) is 5.92 Å². The summed E-state index contributed by atoms with van der Waals surface area (Å²) in [6.45, 7) is 5.86. The third kappa shape index (κ3) is 2.86. The van der Waals surface area contributed by atoms with Crippen LogP contribution in [0.1, 0.15) is 32.6 Å². The summed E-state index contributed by atoms with van der Waals surface area (Å²) in [5, 5.41) is 12.4. The van der Waals surface area contributed by atoms with E-state index in [4.69, 9.17) is 5.26 Å². The molecule has 1 aliphatic carbocycles. The van der Waals surface area contributed by atoms with Gasteiger partial charge in [-0.1, -0.05) is 12.5 Å². The molecule has 1 N–H and O–H groups in total.